The number of hydrogen-bond acceptors (Lipinski definition) is 2. The molecule has 0 aromatic heterocycles. The van der Waals surface area contributed by atoms with Crippen LogP contribution in [0.3, 0.4) is 0 Å². The van der Waals surface area contributed by atoms with Crippen molar-refractivity contribution >= 4 is 37.1 Å². The van der Waals surface area contributed by atoms with Crippen molar-refractivity contribution in [1.29, 1.82) is 0 Å². The van der Waals surface area contributed by atoms with Gasteiger partial charge in [-0.3, -0.25) is 0 Å². The standard InChI is InChI=1S/C6H14.Cu.2H3O3PS/c1-4-5-6(2)3;;2*1-4(2,3)5/h6H,4-5H2,1-3H3;;2*(H3,1,2,3,5). The largest absolute Gasteiger partial charge is 0.325 e. The van der Waals surface area contributed by atoms with Crippen LogP contribution in [0.1, 0.15) is 33.6 Å². The molecule has 17 heavy (non-hydrogen) atoms. The van der Waals surface area contributed by atoms with E-state index in [9.17, 15) is 0 Å². The predicted molar refractivity (Wildman–Crippen MR) is 71.6 cm³/mol. The summed E-state index contributed by atoms with van der Waals surface area (Å²) in [5.41, 5.74) is 0. The summed E-state index contributed by atoms with van der Waals surface area (Å²) < 4.78 is 0. The van der Waals surface area contributed by atoms with Crippen LogP contribution >= 0.6 is 13.4 Å². The molecule has 0 unspecified atom stereocenters. The van der Waals surface area contributed by atoms with Crippen molar-refractivity contribution < 1.29 is 46.4 Å². The van der Waals surface area contributed by atoms with E-state index in [4.69, 9.17) is 29.4 Å². The second-order valence-corrected chi connectivity index (χ2v) is 8.20. The Kier molecular flexibility index (Phi) is 22.2. The molecule has 0 spiro atoms. The molecule has 0 aliphatic rings. The summed E-state index contributed by atoms with van der Waals surface area (Å²) in [6.45, 7) is -0.882. The van der Waals surface area contributed by atoms with E-state index in [0.717, 1.165) is 5.92 Å². The topological polar surface area (TPSA) is 121 Å². The van der Waals surface area contributed by atoms with Gasteiger partial charge in [0.15, 0.2) is 0 Å². The molecule has 0 rings (SSSR count). The Morgan fingerprint density at radius 2 is 1.06 bits per heavy atom. The van der Waals surface area contributed by atoms with Crippen LogP contribution in [0.5, 0.6) is 0 Å². The van der Waals surface area contributed by atoms with E-state index in [-0.39, 0.29) is 17.1 Å². The second kappa shape index (κ2) is 14.0. The molecule has 6 nitrogen and oxygen atoms in total. The molecular formula is C6H20CuO6P2S2. The summed E-state index contributed by atoms with van der Waals surface area (Å²) in [5.74, 6) is 0.898. The van der Waals surface area contributed by atoms with Gasteiger partial charge in [0.05, 0.1) is 0 Å². The molecule has 0 fully saturated rings. The third-order valence-corrected chi connectivity index (χ3v) is 0.866. The average molecular weight is 378 g/mol. The van der Waals surface area contributed by atoms with Gasteiger partial charge in [-0.2, -0.15) is 0 Å². The first kappa shape index (κ1) is 27.0. The van der Waals surface area contributed by atoms with E-state index in [1.54, 1.807) is 0 Å². The molecule has 0 amide bonds. The van der Waals surface area contributed by atoms with Crippen molar-refractivity contribution in [2.24, 2.45) is 5.92 Å². The van der Waals surface area contributed by atoms with Crippen LogP contribution in [0.2, 0.25) is 0 Å². The van der Waals surface area contributed by atoms with E-state index < -0.39 is 13.4 Å². The van der Waals surface area contributed by atoms with Crippen LogP contribution in [0.4, 0.5) is 0 Å². The molecule has 0 bridgehead atoms. The van der Waals surface area contributed by atoms with Crippen LogP contribution in [-0.2, 0) is 40.7 Å². The van der Waals surface area contributed by atoms with Crippen LogP contribution in [0, 0.1) is 5.92 Å². The van der Waals surface area contributed by atoms with Gasteiger partial charge in [0.1, 0.15) is 0 Å². The Bertz CT molecular complexity index is 204. The Morgan fingerprint density at radius 1 is 0.882 bits per heavy atom. The maximum atomic E-state index is 7.56. The summed E-state index contributed by atoms with van der Waals surface area (Å²) in [6.07, 6.45) is 2.71. The molecule has 1 radical (unpaired) electrons. The first-order valence-corrected chi connectivity index (χ1v) is 9.66. The Balaban J connectivity index is -0.0000000729. The Morgan fingerprint density at radius 3 is 1.06 bits per heavy atom. The van der Waals surface area contributed by atoms with E-state index in [1.165, 1.54) is 12.8 Å². The molecule has 0 aliphatic heterocycles. The van der Waals surface area contributed by atoms with Gasteiger partial charge >= 0.3 is 13.4 Å². The summed E-state index contributed by atoms with van der Waals surface area (Å²) in [4.78, 5) is 45.3. The van der Waals surface area contributed by atoms with Crippen LogP contribution < -0.4 is 0 Å². The maximum absolute atomic E-state index is 7.56. The molecule has 113 valence electrons. The third kappa shape index (κ3) is 203. The minimum Gasteiger partial charge on any atom is -0.325 e. The Hall–Kier alpha value is 1.58. The Labute approximate surface area is 123 Å². The molecule has 6 N–H and O–H groups in total. The van der Waals surface area contributed by atoms with Crippen molar-refractivity contribution in [2.75, 3.05) is 0 Å². The van der Waals surface area contributed by atoms with Gasteiger partial charge in [-0.1, -0.05) is 33.6 Å². The zero-order valence-electron chi connectivity index (χ0n) is 9.69. The third-order valence-electron chi connectivity index (χ3n) is 0.866. The van der Waals surface area contributed by atoms with Gasteiger partial charge in [0.2, 0.25) is 0 Å². The minimum absolute atomic E-state index is 0. The quantitative estimate of drug-likeness (QED) is 0.309. The first-order valence-electron chi connectivity index (χ1n) is 4.34. The summed E-state index contributed by atoms with van der Waals surface area (Å²) in [7, 11) is 0. The zero-order valence-corrected chi connectivity index (χ0v) is 14.1. The van der Waals surface area contributed by atoms with Crippen molar-refractivity contribution in [2.45, 2.75) is 33.6 Å². The van der Waals surface area contributed by atoms with E-state index in [0.29, 0.717) is 0 Å². The van der Waals surface area contributed by atoms with Crippen LogP contribution in [0.15, 0.2) is 0 Å². The monoisotopic (exact) mass is 377 g/mol. The molecule has 0 heterocycles. The predicted octanol–water partition coefficient (Wildman–Crippen LogP) is 0.816. The summed E-state index contributed by atoms with van der Waals surface area (Å²) in [6, 6.07) is 0. The molecule has 0 saturated heterocycles. The van der Waals surface area contributed by atoms with E-state index in [1.807, 2.05) is 0 Å². The van der Waals surface area contributed by atoms with Gasteiger partial charge in [-0.25, -0.2) is 0 Å². The van der Waals surface area contributed by atoms with Gasteiger partial charge < -0.3 is 29.4 Å². The molecule has 0 saturated carbocycles. The zero-order chi connectivity index (χ0) is 14.0. The molecule has 0 aromatic rings. The number of hydrogen-bond donors (Lipinski definition) is 6. The smallest absolute Gasteiger partial charge is 0.319 e. The second-order valence-electron chi connectivity index (χ2n) is 3.21. The molecule has 0 aromatic carbocycles. The summed E-state index contributed by atoms with van der Waals surface area (Å²) in [5, 5.41) is 0. The fraction of sp³-hybridized carbons (Fsp3) is 1.00. The van der Waals surface area contributed by atoms with Gasteiger partial charge in [-0.15, -0.1) is 0 Å². The first-order chi connectivity index (χ1) is 6.77. The minimum atomic E-state index is -3.81. The van der Waals surface area contributed by atoms with Crippen molar-refractivity contribution in [3.05, 3.63) is 0 Å². The van der Waals surface area contributed by atoms with Crippen LogP contribution in [-0.4, -0.2) is 29.4 Å². The van der Waals surface area contributed by atoms with Crippen molar-refractivity contribution in [3.63, 3.8) is 0 Å². The SMILES string of the molecule is CCCC(C)C.OP(O)(O)=S.OP(O)(O)=S.[Cu]. The number of rotatable bonds is 2. The summed E-state index contributed by atoms with van der Waals surface area (Å²) >= 11 is 7.21. The van der Waals surface area contributed by atoms with Gasteiger partial charge in [0, 0.05) is 17.1 Å². The van der Waals surface area contributed by atoms with Gasteiger partial charge in [0.25, 0.3) is 0 Å². The van der Waals surface area contributed by atoms with Gasteiger partial charge in [-0.05, 0) is 29.5 Å². The van der Waals surface area contributed by atoms with Crippen molar-refractivity contribution in [1.82, 2.24) is 0 Å². The maximum Gasteiger partial charge on any atom is 0.319 e. The van der Waals surface area contributed by atoms with E-state index >= 15 is 0 Å². The van der Waals surface area contributed by atoms with Crippen LogP contribution in [0.25, 0.3) is 0 Å². The molecule has 0 atom stereocenters. The fourth-order valence-corrected chi connectivity index (χ4v) is 0.577. The molecule has 0 aliphatic carbocycles. The fourth-order valence-electron chi connectivity index (χ4n) is 0.577. The normalized spacial score (nSPS) is 10.5. The molecular weight excluding hydrogens is 358 g/mol. The van der Waals surface area contributed by atoms with E-state index in [2.05, 4.69) is 44.4 Å². The molecule has 11 heteroatoms. The van der Waals surface area contributed by atoms with Crippen molar-refractivity contribution in [3.8, 4) is 0 Å². The average Bonchev–Trinajstić information content (AvgIpc) is 1.76.